The predicted octanol–water partition coefficient (Wildman–Crippen LogP) is 5.48. The number of hydrazone groups is 1. The second-order valence-corrected chi connectivity index (χ2v) is 8.37. The highest BCUT2D eigenvalue weighted by Crippen LogP contribution is 2.31. The van der Waals surface area contributed by atoms with Crippen LogP contribution in [0.15, 0.2) is 70.2 Å². The van der Waals surface area contributed by atoms with E-state index in [9.17, 15) is 10.1 Å². The molecule has 36 heavy (non-hydrogen) atoms. The Morgan fingerprint density at radius 3 is 2.58 bits per heavy atom. The van der Waals surface area contributed by atoms with Crippen molar-refractivity contribution in [3.05, 3.63) is 81.6 Å². The number of aromatic nitrogens is 3. The average molecular weight is 505 g/mol. The standard InChI is InChI=1S/C24H21ClN8O3/c25-19-10-8-16(14-20(19)33(34)35)21-11-9-18(36-21)15-26-31-23-28-22(27-17-6-2-1-3-7-17)29-24(30-23)32-12-4-5-13-32/h1-3,6-11,14-15H,4-5,12-13H2,(H2,27,28,29,30,31)/b26-15+. The van der Waals surface area contributed by atoms with Gasteiger partial charge in [-0.3, -0.25) is 10.1 Å². The summed E-state index contributed by atoms with van der Waals surface area (Å²) in [6, 6.07) is 17.5. The quantitative estimate of drug-likeness (QED) is 0.181. The summed E-state index contributed by atoms with van der Waals surface area (Å²) in [6.45, 7) is 1.77. The lowest BCUT2D eigenvalue weighted by atomic mass is 10.1. The molecule has 5 rings (SSSR count). The van der Waals surface area contributed by atoms with E-state index >= 15 is 0 Å². The molecule has 2 N–H and O–H groups in total. The van der Waals surface area contributed by atoms with Crippen molar-refractivity contribution < 1.29 is 9.34 Å². The van der Waals surface area contributed by atoms with Crippen LogP contribution in [0, 0.1) is 10.1 Å². The molecule has 0 radical (unpaired) electrons. The van der Waals surface area contributed by atoms with Crippen molar-refractivity contribution in [1.29, 1.82) is 0 Å². The summed E-state index contributed by atoms with van der Waals surface area (Å²) >= 11 is 5.89. The van der Waals surface area contributed by atoms with Gasteiger partial charge in [0.15, 0.2) is 0 Å². The number of nitrogens with zero attached hydrogens (tertiary/aromatic N) is 6. The third-order valence-corrected chi connectivity index (χ3v) is 5.77. The molecule has 1 fully saturated rings. The van der Waals surface area contributed by atoms with Gasteiger partial charge in [0.1, 0.15) is 16.5 Å². The number of para-hydroxylation sites is 1. The molecule has 2 aromatic heterocycles. The summed E-state index contributed by atoms with van der Waals surface area (Å²) in [7, 11) is 0. The summed E-state index contributed by atoms with van der Waals surface area (Å²) in [5.41, 5.74) is 4.04. The Hall–Kier alpha value is -4.51. The van der Waals surface area contributed by atoms with Crippen LogP contribution in [0.25, 0.3) is 11.3 Å². The SMILES string of the molecule is O=[N+]([O-])c1cc(-c2ccc(/C=N/Nc3nc(Nc4ccccc4)nc(N4CCCC4)n3)o2)ccc1Cl. The first kappa shape index (κ1) is 23.2. The lowest BCUT2D eigenvalue weighted by Gasteiger charge is -2.16. The van der Waals surface area contributed by atoms with Gasteiger partial charge in [0.2, 0.25) is 17.8 Å². The van der Waals surface area contributed by atoms with Crippen molar-refractivity contribution >= 4 is 47.0 Å². The zero-order valence-corrected chi connectivity index (χ0v) is 19.7. The van der Waals surface area contributed by atoms with Crippen molar-refractivity contribution in [3.8, 4) is 11.3 Å². The first-order chi connectivity index (χ1) is 17.5. The molecule has 0 spiro atoms. The van der Waals surface area contributed by atoms with Crippen LogP contribution in [0.2, 0.25) is 5.02 Å². The number of nitro groups is 1. The van der Waals surface area contributed by atoms with Gasteiger partial charge < -0.3 is 14.6 Å². The fourth-order valence-electron chi connectivity index (χ4n) is 3.72. The summed E-state index contributed by atoms with van der Waals surface area (Å²) in [5.74, 6) is 2.14. The summed E-state index contributed by atoms with van der Waals surface area (Å²) in [6.07, 6.45) is 3.65. The molecule has 0 atom stereocenters. The molecule has 2 aromatic carbocycles. The molecule has 0 bridgehead atoms. The molecule has 0 amide bonds. The topological polar surface area (TPSA) is 135 Å². The largest absolute Gasteiger partial charge is 0.455 e. The van der Waals surface area contributed by atoms with Gasteiger partial charge in [-0.05, 0) is 49.2 Å². The molecule has 11 nitrogen and oxygen atoms in total. The minimum absolute atomic E-state index is 0.0630. The molecule has 1 aliphatic rings. The van der Waals surface area contributed by atoms with Gasteiger partial charge >= 0.3 is 0 Å². The molecular formula is C24H21ClN8O3. The van der Waals surface area contributed by atoms with Crippen LogP contribution in [0.5, 0.6) is 0 Å². The number of nitro benzene ring substituents is 1. The van der Waals surface area contributed by atoms with Gasteiger partial charge in [0, 0.05) is 30.4 Å². The minimum atomic E-state index is -0.535. The zero-order chi connectivity index (χ0) is 24.9. The summed E-state index contributed by atoms with van der Waals surface area (Å²) in [4.78, 5) is 26.2. The first-order valence-electron chi connectivity index (χ1n) is 11.2. The highest BCUT2D eigenvalue weighted by Gasteiger charge is 2.18. The van der Waals surface area contributed by atoms with Crippen molar-refractivity contribution in [2.24, 2.45) is 5.10 Å². The molecule has 1 saturated heterocycles. The van der Waals surface area contributed by atoms with Crippen LogP contribution < -0.4 is 15.6 Å². The fourth-order valence-corrected chi connectivity index (χ4v) is 3.90. The highest BCUT2D eigenvalue weighted by atomic mass is 35.5. The average Bonchev–Trinajstić information content (AvgIpc) is 3.58. The van der Waals surface area contributed by atoms with Crippen LogP contribution in [-0.4, -0.2) is 39.2 Å². The van der Waals surface area contributed by atoms with Gasteiger partial charge in [0.25, 0.3) is 5.69 Å². The lowest BCUT2D eigenvalue weighted by molar-refractivity contribution is -0.384. The Bertz CT molecular complexity index is 1400. The van der Waals surface area contributed by atoms with E-state index in [1.54, 1.807) is 18.2 Å². The number of benzene rings is 2. The molecule has 3 heterocycles. The number of hydrogen-bond acceptors (Lipinski definition) is 10. The van der Waals surface area contributed by atoms with E-state index in [2.05, 4.69) is 35.7 Å². The van der Waals surface area contributed by atoms with Crippen molar-refractivity contribution in [2.45, 2.75) is 12.8 Å². The van der Waals surface area contributed by atoms with Crippen LogP contribution in [0.4, 0.5) is 29.2 Å². The maximum absolute atomic E-state index is 11.2. The van der Waals surface area contributed by atoms with E-state index in [0.29, 0.717) is 29.0 Å². The van der Waals surface area contributed by atoms with E-state index in [-0.39, 0.29) is 16.7 Å². The number of nitrogens with one attached hydrogen (secondary N) is 2. The molecule has 4 aromatic rings. The maximum Gasteiger partial charge on any atom is 0.288 e. The normalized spacial score (nSPS) is 13.3. The number of halogens is 1. The zero-order valence-electron chi connectivity index (χ0n) is 19.0. The molecule has 0 unspecified atom stereocenters. The van der Waals surface area contributed by atoms with Crippen LogP contribution >= 0.6 is 11.6 Å². The Balaban J connectivity index is 1.33. The van der Waals surface area contributed by atoms with Crippen LogP contribution in [0.3, 0.4) is 0 Å². The van der Waals surface area contributed by atoms with Crippen molar-refractivity contribution in [1.82, 2.24) is 15.0 Å². The Morgan fingerprint density at radius 1 is 1.03 bits per heavy atom. The van der Waals surface area contributed by atoms with E-state index in [4.69, 9.17) is 16.0 Å². The summed E-state index contributed by atoms with van der Waals surface area (Å²) in [5, 5.41) is 18.6. The Kier molecular flexibility index (Phi) is 6.72. The third-order valence-electron chi connectivity index (χ3n) is 5.45. The number of furan rings is 1. The van der Waals surface area contributed by atoms with Crippen LogP contribution in [-0.2, 0) is 0 Å². The van der Waals surface area contributed by atoms with Crippen LogP contribution in [0.1, 0.15) is 18.6 Å². The van der Waals surface area contributed by atoms with Crippen molar-refractivity contribution in [3.63, 3.8) is 0 Å². The number of anilines is 4. The highest BCUT2D eigenvalue weighted by molar-refractivity contribution is 6.32. The Morgan fingerprint density at radius 2 is 1.81 bits per heavy atom. The van der Waals surface area contributed by atoms with Gasteiger partial charge in [-0.1, -0.05) is 29.8 Å². The van der Waals surface area contributed by atoms with Gasteiger partial charge in [-0.25, -0.2) is 5.43 Å². The van der Waals surface area contributed by atoms with E-state index in [1.807, 2.05) is 30.3 Å². The number of rotatable bonds is 8. The molecule has 182 valence electrons. The second-order valence-electron chi connectivity index (χ2n) is 7.96. The van der Waals surface area contributed by atoms with E-state index in [0.717, 1.165) is 31.6 Å². The van der Waals surface area contributed by atoms with E-state index < -0.39 is 4.92 Å². The maximum atomic E-state index is 11.2. The predicted molar refractivity (Wildman–Crippen MR) is 138 cm³/mol. The minimum Gasteiger partial charge on any atom is -0.455 e. The van der Waals surface area contributed by atoms with Gasteiger partial charge in [-0.15, -0.1) is 0 Å². The monoisotopic (exact) mass is 504 g/mol. The smallest absolute Gasteiger partial charge is 0.288 e. The molecule has 1 aliphatic heterocycles. The van der Waals surface area contributed by atoms with Gasteiger partial charge in [0.05, 0.1) is 11.1 Å². The molecule has 0 saturated carbocycles. The lowest BCUT2D eigenvalue weighted by Crippen LogP contribution is -2.21. The second kappa shape index (κ2) is 10.4. The fraction of sp³-hybridized carbons (Fsp3) is 0.167. The molecule has 12 heteroatoms. The Labute approximate surface area is 211 Å². The molecular weight excluding hydrogens is 484 g/mol. The third kappa shape index (κ3) is 5.41. The molecule has 0 aliphatic carbocycles. The summed E-state index contributed by atoms with van der Waals surface area (Å²) < 4.78 is 5.76. The van der Waals surface area contributed by atoms with Gasteiger partial charge in [-0.2, -0.15) is 20.1 Å². The van der Waals surface area contributed by atoms with E-state index in [1.165, 1.54) is 18.3 Å². The number of hydrogen-bond donors (Lipinski definition) is 2. The first-order valence-corrected chi connectivity index (χ1v) is 11.6. The van der Waals surface area contributed by atoms with Crippen molar-refractivity contribution in [2.75, 3.05) is 28.7 Å².